The number of aromatic nitrogens is 1. The number of methoxy groups -OCH3 is 1. The number of carbonyl (C=O) groups is 1. The Balaban J connectivity index is 1.57. The van der Waals surface area contributed by atoms with E-state index < -0.39 is 27.8 Å². The number of fused-ring (bicyclic) bond motifs is 1. The summed E-state index contributed by atoms with van der Waals surface area (Å²) in [6.07, 6.45) is -0.109. The van der Waals surface area contributed by atoms with Gasteiger partial charge in [-0.05, 0) is 59.4 Å². The van der Waals surface area contributed by atoms with Crippen molar-refractivity contribution < 1.29 is 27.4 Å². The second kappa shape index (κ2) is 15.6. The fraction of sp³-hybridized carbons (Fsp3) is 0.341. The zero-order chi connectivity index (χ0) is 36.1. The second-order valence-electron chi connectivity index (χ2n) is 14.1. The molecule has 5 aromatic rings. The van der Waals surface area contributed by atoms with Crippen molar-refractivity contribution in [1.29, 1.82) is 0 Å². The minimum atomic E-state index is -3.41. The number of rotatable bonds is 14. The van der Waals surface area contributed by atoms with Gasteiger partial charge in [-0.25, -0.2) is 4.39 Å². The van der Waals surface area contributed by atoms with E-state index in [1.165, 1.54) is 26.4 Å². The highest BCUT2D eigenvalue weighted by Gasteiger charge is 2.52. The lowest BCUT2D eigenvalue weighted by atomic mass is 10.0. The number of para-hydroxylation sites is 1. The molecule has 9 heteroatoms. The number of nitrogens with zero attached hydrogens (tertiary/aromatic N) is 1. The number of esters is 1. The highest BCUT2D eigenvalue weighted by molar-refractivity contribution is 7.59. The number of hydrogen-bond acceptors (Lipinski definition) is 5. The van der Waals surface area contributed by atoms with Crippen LogP contribution in [-0.4, -0.2) is 51.5 Å². The van der Waals surface area contributed by atoms with Gasteiger partial charge in [-0.2, -0.15) is 0 Å². The molecule has 0 saturated carbocycles. The van der Waals surface area contributed by atoms with Gasteiger partial charge in [-0.1, -0.05) is 112 Å². The molecular weight excluding hydrogens is 665 g/mol. The van der Waals surface area contributed by atoms with Crippen molar-refractivity contribution in [2.75, 3.05) is 26.5 Å². The molecule has 1 unspecified atom stereocenters. The molecule has 0 aliphatic heterocycles. The normalized spacial score (nSPS) is 14.1. The molecule has 0 aliphatic rings. The fourth-order valence-electron chi connectivity index (χ4n) is 7.29. The summed E-state index contributed by atoms with van der Waals surface area (Å²) >= 11 is 0. The lowest BCUT2D eigenvalue weighted by Gasteiger charge is -2.45. The quantitative estimate of drug-likeness (QED) is 0.0653. The van der Waals surface area contributed by atoms with Crippen LogP contribution in [0.1, 0.15) is 52.8 Å². The van der Waals surface area contributed by atoms with Crippen LogP contribution in [0.2, 0.25) is 5.04 Å². The summed E-state index contributed by atoms with van der Waals surface area (Å²) in [5, 5.41) is 2.81. The molecular formula is C41H49FNO5PSi. The lowest BCUT2D eigenvalue weighted by molar-refractivity contribution is -0.142. The van der Waals surface area contributed by atoms with Gasteiger partial charge in [-0.15, -0.1) is 0 Å². The first-order chi connectivity index (χ1) is 23.8. The minimum absolute atomic E-state index is 0.0386. The van der Waals surface area contributed by atoms with Gasteiger partial charge in [0.15, 0.2) is 0 Å². The van der Waals surface area contributed by atoms with Crippen LogP contribution in [0, 0.1) is 5.82 Å². The predicted octanol–water partition coefficient (Wildman–Crippen LogP) is 9.00. The summed E-state index contributed by atoms with van der Waals surface area (Å²) in [5.74, 6) is -0.738. The first-order valence-corrected chi connectivity index (χ1v) is 21.1. The third-order valence-electron chi connectivity index (χ3n) is 9.55. The Morgan fingerprint density at radius 2 is 1.40 bits per heavy atom. The van der Waals surface area contributed by atoms with Crippen LogP contribution < -0.4 is 10.4 Å². The Hall–Kier alpha value is -3.81. The summed E-state index contributed by atoms with van der Waals surface area (Å²) in [6, 6.07) is 35.2. The summed E-state index contributed by atoms with van der Waals surface area (Å²) in [6.45, 7) is 10.8. The maximum Gasteiger partial charge on any atom is 0.308 e. The van der Waals surface area contributed by atoms with Crippen molar-refractivity contribution in [1.82, 2.24) is 4.57 Å². The molecule has 264 valence electrons. The second-order valence-corrected chi connectivity index (χ2v) is 21.2. The number of hydrogen-bond donors (Lipinski definition) is 0. The zero-order valence-corrected chi connectivity index (χ0v) is 32.1. The van der Waals surface area contributed by atoms with Crippen LogP contribution in [0.5, 0.6) is 0 Å². The van der Waals surface area contributed by atoms with E-state index in [9.17, 15) is 13.8 Å². The van der Waals surface area contributed by atoms with Gasteiger partial charge in [0.05, 0.1) is 25.8 Å². The fourth-order valence-corrected chi connectivity index (χ4v) is 14.0. The molecule has 0 aliphatic carbocycles. The Morgan fingerprint density at radius 1 is 0.840 bits per heavy atom. The molecule has 5 rings (SSSR count). The van der Waals surface area contributed by atoms with E-state index in [1.54, 1.807) is 12.1 Å². The third kappa shape index (κ3) is 7.74. The van der Waals surface area contributed by atoms with Crippen molar-refractivity contribution in [2.45, 2.75) is 64.6 Å². The van der Waals surface area contributed by atoms with Crippen molar-refractivity contribution in [3.8, 4) is 11.1 Å². The molecule has 0 amide bonds. The Kier molecular flexibility index (Phi) is 11.7. The van der Waals surface area contributed by atoms with Crippen molar-refractivity contribution in [2.24, 2.45) is 0 Å². The van der Waals surface area contributed by atoms with E-state index >= 15 is 0 Å². The highest BCUT2D eigenvalue weighted by atomic mass is 31.2. The van der Waals surface area contributed by atoms with Crippen LogP contribution in [0.3, 0.4) is 0 Å². The molecule has 1 aromatic heterocycles. The molecule has 4 aromatic carbocycles. The first kappa shape index (κ1) is 37.4. The summed E-state index contributed by atoms with van der Waals surface area (Å²) in [5.41, 5.74) is 3.94. The van der Waals surface area contributed by atoms with Crippen LogP contribution in [0.15, 0.2) is 109 Å². The Labute approximate surface area is 297 Å². The number of halogens is 1. The smallest absolute Gasteiger partial charge is 0.308 e. The largest absolute Gasteiger partial charge is 0.469 e. The van der Waals surface area contributed by atoms with Gasteiger partial charge < -0.3 is 18.3 Å². The van der Waals surface area contributed by atoms with Crippen molar-refractivity contribution in [3.63, 3.8) is 0 Å². The lowest BCUT2D eigenvalue weighted by Crippen LogP contribution is -2.68. The third-order valence-corrected chi connectivity index (χ3v) is 17.2. The molecule has 1 heterocycles. The first-order valence-electron chi connectivity index (χ1n) is 17.2. The Bertz CT molecular complexity index is 1900. The molecule has 0 N–H and O–H groups in total. The van der Waals surface area contributed by atoms with Crippen LogP contribution in [-0.2, 0) is 29.5 Å². The van der Waals surface area contributed by atoms with Gasteiger partial charge in [0.1, 0.15) is 5.82 Å². The van der Waals surface area contributed by atoms with Crippen molar-refractivity contribution in [3.05, 3.63) is 121 Å². The molecule has 0 fully saturated rings. The number of carbonyl (C=O) groups excluding carboxylic acids is 1. The predicted molar refractivity (Wildman–Crippen MR) is 205 cm³/mol. The summed E-state index contributed by atoms with van der Waals surface area (Å²) < 4.78 is 49.7. The Morgan fingerprint density at radius 3 is 1.92 bits per heavy atom. The van der Waals surface area contributed by atoms with Crippen LogP contribution in [0.25, 0.3) is 22.0 Å². The average Bonchev–Trinajstić information content (AvgIpc) is 3.44. The molecule has 50 heavy (non-hydrogen) atoms. The molecule has 0 bridgehead atoms. The van der Waals surface area contributed by atoms with E-state index in [2.05, 4.69) is 75.6 Å². The van der Waals surface area contributed by atoms with E-state index in [1.807, 2.05) is 48.5 Å². The number of benzene rings is 4. The maximum absolute atomic E-state index is 14.9. The molecule has 2 atom stereocenters. The van der Waals surface area contributed by atoms with E-state index in [-0.39, 0.29) is 35.6 Å². The van der Waals surface area contributed by atoms with Gasteiger partial charge in [0, 0.05) is 41.5 Å². The van der Waals surface area contributed by atoms with Crippen molar-refractivity contribution >= 4 is 42.9 Å². The van der Waals surface area contributed by atoms with Gasteiger partial charge in [0.2, 0.25) is 7.37 Å². The van der Waals surface area contributed by atoms with E-state index in [0.717, 1.165) is 38.1 Å². The van der Waals surface area contributed by atoms with Gasteiger partial charge in [0.25, 0.3) is 8.32 Å². The topological polar surface area (TPSA) is 66.8 Å². The summed E-state index contributed by atoms with van der Waals surface area (Å²) in [7, 11) is -3.68. The molecule has 0 radical (unpaired) electrons. The van der Waals surface area contributed by atoms with Gasteiger partial charge >= 0.3 is 5.97 Å². The van der Waals surface area contributed by atoms with Crippen LogP contribution >= 0.6 is 7.37 Å². The van der Waals surface area contributed by atoms with E-state index in [4.69, 9.17) is 13.7 Å². The SMILES string of the molecule is COC(=O)C[C@@H](CP(=O)(CCc1c(-c2ccc(F)cc2)c2ccccc2n1C(C)C)OC)O[Si](c1ccccc1)(c1ccccc1)C(C)(C)C. The standard InChI is InChI=1S/C41H49FNO5PSi/c1-30(2)43-37-21-15-14-20-36(37)40(31-22-24-32(42)25-23-31)38(43)26-27-49(45,47-7)29-33(28-39(44)46-6)48-50(41(3,4)5,34-16-10-8-11-17-34)35-18-12-9-13-19-35/h8-25,30,33H,26-29H2,1-7H3/t33-,49?/m0/s1. The molecule has 0 spiro atoms. The number of ether oxygens (including phenoxy) is 1. The average molecular weight is 714 g/mol. The molecule has 6 nitrogen and oxygen atoms in total. The highest BCUT2D eigenvalue weighted by Crippen LogP contribution is 2.50. The summed E-state index contributed by atoms with van der Waals surface area (Å²) in [4.78, 5) is 13.0. The zero-order valence-electron chi connectivity index (χ0n) is 30.2. The molecule has 0 saturated heterocycles. The van der Waals surface area contributed by atoms with E-state index in [0.29, 0.717) is 6.42 Å². The monoisotopic (exact) mass is 713 g/mol. The van der Waals surface area contributed by atoms with Crippen LogP contribution in [0.4, 0.5) is 4.39 Å². The van der Waals surface area contributed by atoms with Gasteiger partial charge in [-0.3, -0.25) is 9.36 Å². The maximum atomic E-state index is 14.9. The minimum Gasteiger partial charge on any atom is -0.469 e.